The van der Waals surface area contributed by atoms with Crippen molar-refractivity contribution in [2.45, 2.75) is 6.36 Å². The van der Waals surface area contributed by atoms with E-state index >= 15 is 0 Å². The maximum atomic E-state index is 12.3. The van der Waals surface area contributed by atoms with Crippen LogP contribution in [-0.2, 0) is 4.79 Å². The molecule has 0 unspecified atom stereocenters. The molecule has 2 aromatic carbocycles. The molecule has 0 fully saturated rings. The average Bonchev–Trinajstić information content (AvgIpc) is 2.72. The Balaban J connectivity index is 1.70. The van der Waals surface area contributed by atoms with E-state index in [1.165, 1.54) is 54.7 Å². The van der Waals surface area contributed by atoms with Gasteiger partial charge in [-0.15, -0.1) is 13.2 Å². The summed E-state index contributed by atoms with van der Waals surface area (Å²) in [5.74, 6) is -0.434. The summed E-state index contributed by atoms with van der Waals surface area (Å²) in [5.41, 5.74) is 7.41. The summed E-state index contributed by atoms with van der Waals surface area (Å²) in [6.45, 7) is 0. The van der Waals surface area contributed by atoms with Crippen molar-refractivity contribution < 1.29 is 22.7 Å². The molecular weight excluding hydrogens is 468 g/mol. The van der Waals surface area contributed by atoms with Crippen molar-refractivity contribution in [3.05, 3.63) is 76.4 Å². The summed E-state index contributed by atoms with van der Waals surface area (Å²) < 4.78 is 40.7. The molecule has 0 saturated carbocycles. The molecule has 11 heteroatoms. The summed E-state index contributed by atoms with van der Waals surface area (Å²) in [4.78, 5) is 16.5. The van der Waals surface area contributed by atoms with Crippen molar-refractivity contribution in [3.63, 3.8) is 0 Å². The first kappa shape index (κ1) is 23.2. The van der Waals surface area contributed by atoms with Gasteiger partial charge in [0, 0.05) is 23.5 Å². The zero-order valence-electron chi connectivity index (χ0n) is 16.1. The van der Waals surface area contributed by atoms with Crippen molar-refractivity contribution in [1.82, 2.24) is 4.98 Å². The van der Waals surface area contributed by atoms with Crippen LogP contribution in [0.4, 0.5) is 36.1 Å². The van der Waals surface area contributed by atoms with E-state index in [0.717, 1.165) is 0 Å². The highest BCUT2D eigenvalue weighted by Crippen LogP contribution is 2.31. The molecular formula is C21H15Cl2F3N4O2. The zero-order valence-corrected chi connectivity index (χ0v) is 17.6. The van der Waals surface area contributed by atoms with Crippen LogP contribution >= 0.6 is 23.2 Å². The number of carbonyl (C=O) groups excluding carboxylic acids is 1. The van der Waals surface area contributed by atoms with Crippen LogP contribution < -0.4 is 21.1 Å². The fourth-order valence-electron chi connectivity index (χ4n) is 2.54. The molecule has 0 aliphatic heterocycles. The normalized spacial score (nSPS) is 11.4. The van der Waals surface area contributed by atoms with Crippen LogP contribution in [0, 0.1) is 0 Å². The molecule has 3 rings (SSSR count). The number of nitrogens with zero attached hydrogens (tertiary/aromatic N) is 1. The minimum Gasteiger partial charge on any atom is -0.406 e. The number of hydrogen-bond donors (Lipinski definition) is 3. The Kier molecular flexibility index (Phi) is 7.12. The minimum absolute atomic E-state index is 0.241. The van der Waals surface area contributed by atoms with Gasteiger partial charge in [-0.2, -0.15) is 0 Å². The zero-order chi connectivity index (χ0) is 23.3. The Bertz CT molecular complexity index is 1150. The smallest absolute Gasteiger partial charge is 0.406 e. The van der Waals surface area contributed by atoms with Crippen LogP contribution in [0.2, 0.25) is 10.0 Å². The second-order valence-electron chi connectivity index (χ2n) is 6.31. The Morgan fingerprint density at radius 3 is 2.47 bits per heavy atom. The van der Waals surface area contributed by atoms with Crippen LogP contribution in [0.3, 0.4) is 0 Å². The number of amides is 1. The van der Waals surface area contributed by atoms with Crippen LogP contribution in [0.25, 0.3) is 6.08 Å². The standard InChI is InChI=1S/C21H15Cl2F3N4O2/c22-15-10-17(27)18(11-16(15)23)30-19(31)8-3-12-2-1-9-28-20(12)29-13-4-6-14(7-5-13)32-21(24,25)26/h1-11H,27H2,(H,28,29)(H,30,31)/b8-3+. The number of nitrogens with one attached hydrogen (secondary N) is 2. The molecule has 0 radical (unpaired) electrons. The minimum atomic E-state index is -4.77. The van der Waals surface area contributed by atoms with Crippen molar-refractivity contribution in [2.75, 3.05) is 16.4 Å². The van der Waals surface area contributed by atoms with E-state index in [1.807, 2.05) is 0 Å². The first-order valence-electron chi connectivity index (χ1n) is 8.92. The average molecular weight is 483 g/mol. The van der Waals surface area contributed by atoms with E-state index in [9.17, 15) is 18.0 Å². The number of nitrogens with two attached hydrogens (primary N) is 1. The van der Waals surface area contributed by atoms with E-state index in [1.54, 1.807) is 12.1 Å². The molecule has 1 aromatic heterocycles. The van der Waals surface area contributed by atoms with Crippen LogP contribution in [0.5, 0.6) is 5.75 Å². The molecule has 166 valence electrons. The Morgan fingerprint density at radius 2 is 1.78 bits per heavy atom. The number of halogens is 5. The number of ether oxygens (including phenoxy) is 1. The largest absolute Gasteiger partial charge is 0.573 e. The van der Waals surface area contributed by atoms with Gasteiger partial charge in [0.05, 0.1) is 21.4 Å². The van der Waals surface area contributed by atoms with Crippen molar-refractivity contribution in [1.29, 1.82) is 0 Å². The molecule has 1 heterocycles. The predicted octanol–water partition coefficient (Wildman–Crippen LogP) is 6.26. The quantitative estimate of drug-likeness (QED) is 0.284. The summed E-state index contributed by atoms with van der Waals surface area (Å²) in [6, 6.07) is 11.4. The lowest BCUT2D eigenvalue weighted by atomic mass is 10.2. The lowest BCUT2D eigenvalue weighted by Gasteiger charge is -2.11. The molecule has 32 heavy (non-hydrogen) atoms. The van der Waals surface area contributed by atoms with E-state index < -0.39 is 12.3 Å². The van der Waals surface area contributed by atoms with Gasteiger partial charge in [0.15, 0.2) is 0 Å². The van der Waals surface area contributed by atoms with Gasteiger partial charge in [0.25, 0.3) is 0 Å². The van der Waals surface area contributed by atoms with Crippen molar-refractivity contribution in [2.24, 2.45) is 0 Å². The number of rotatable bonds is 6. The summed E-state index contributed by atoms with van der Waals surface area (Å²) in [6.07, 6.45) is -0.461. The molecule has 0 saturated heterocycles. The predicted molar refractivity (Wildman–Crippen MR) is 119 cm³/mol. The summed E-state index contributed by atoms with van der Waals surface area (Å²) in [7, 11) is 0. The molecule has 0 spiro atoms. The number of aromatic nitrogens is 1. The summed E-state index contributed by atoms with van der Waals surface area (Å²) >= 11 is 11.8. The number of anilines is 4. The first-order valence-corrected chi connectivity index (χ1v) is 9.68. The number of pyridine rings is 1. The number of hydrogen-bond acceptors (Lipinski definition) is 5. The van der Waals surface area contributed by atoms with Gasteiger partial charge in [0.1, 0.15) is 11.6 Å². The van der Waals surface area contributed by atoms with E-state index in [2.05, 4.69) is 20.4 Å². The van der Waals surface area contributed by atoms with Gasteiger partial charge in [-0.25, -0.2) is 4.98 Å². The highest BCUT2D eigenvalue weighted by molar-refractivity contribution is 6.42. The van der Waals surface area contributed by atoms with Crippen molar-refractivity contribution in [3.8, 4) is 5.75 Å². The lowest BCUT2D eigenvalue weighted by molar-refractivity contribution is -0.274. The van der Waals surface area contributed by atoms with E-state index in [4.69, 9.17) is 28.9 Å². The molecule has 0 aliphatic rings. The third-order valence-corrected chi connectivity index (χ3v) is 4.68. The van der Waals surface area contributed by atoms with E-state index in [-0.39, 0.29) is 21.5 Å². The third-order valence-electron chi connectivity index (χ3n) is 3.95. The summed E-state index contributed by atoms with van der Waals surface area (Å²) in [5, 5.41) is 6.08. The number of benzene rings is 2. The van der Waals surface area contributed by atoms with Gasteiger partial charge in [-0.3, -0.25) is 4.79 Å². The maximum Gasteiger partial charge on any atom is 0.573 e. The van der Waals surface area contributed by atoms with Crippen LogP contribution in [-0.4, -0.2) is 17.3 Å². The van der Waals surface area contributed by atoms with E-state index in [0.29, 0.717) is 22.8 Å². The van der Waals surface area contributed by atoms with Crippen LogP contribution in [0.1, 0.15) is 5.56 Å². The molecule has 3 aromatic rings. The van der Waals surface area contributed by atoms with Gasteiger partial charge < -0.3 is 21.1 Å². The first-order chi connectivity index (χ1) is 15.1. The highest BCUT2D eigenvalue weighted by atomic mass is 35.5. The molecule has 4 N–H and O–H groups in total. The fourth-order valence-corrected chi connectivity index (χ4v) is 2.88. The molecule has 0 aliphatic carbocycles. The number of alkyl halides is 3. The Morgan fingerprint density at radius 1 is 1.09 bits per heavy atom. The monoisotopic (exact) mass is 482 g/mol. The van der Waals surface area contributed by atoms with Gasteiger partial charge in [0.2, 0.25) is 5.91 Å². The Hall–Kier alpha value is -3.43. The molecule has 6 nitrogen and oxygen atoms in total. The van der Waals surface area contributed by atoms with Gasteiger partial charge in [-0.05, 0) is 54.6 Å². The topological polar surface area (TPSA) is 89.3 Å². The Labute approximate surface area is 190 Å². The van der Waals surface area contributed by atoms with Gasteiger partial charge >= 0.3 is 6.36 Å². The van der Waals surface area contributed by atoms with Gasteiger partial charge in [-0.1, -0.05) is 23.2 Å². The molecule has 0 bridgehead atoms. The van der Waals surface area contributed by atoms with Crippen molar-refractivity contribution >= 4 is 58.1 Å². The SMILES string of the molecule is Nc1cc(Cl)c(Cl)cc1NC(=O)/C=C/c1cccnc1Nc1ccc(OC(F)(F)F)cc1. The second kappa shape index (κ2) is 9.80. The second-order valence-corrected chi connectivity index (χ2v) is 7.13. The highest BCUT2D eigenvalue weighted by Gasteiger charge is 2.30. The number of nitrogen functional groups attached to an aromatic ring is 1. The maximum absolute atomic E-state index is 12.3. The number of carbonyl (C=O) groups is 1. The lowest BCUT2D eigenvalue weighted by Crippen LogP contribution is -2.16. The van der Waals surface area contributed by atoms with Crippen LogP contribution in [0.15, 0.2) is 60.8 Å². The third kappa shape index (κ3) is 6.53. The molecule has 0 atom stereocenters. The fraction of sp³-hybridized carbons (Fsp3) is 0.0476. The molecule has 1 amide bonds.